The fourth-order valence-electron chi connectivity index (χ4n) is 2.74. The lowest BCUT2D eigenvalue weighted by atomic mass is 9.84. The lowest BCUT2D eigenvalue weighted by Crippen LogP contribution is -2.38. The molecule has 102 valence electrons. The second-order valence-electron chi connectivity index (χ2n) is 5.87. The van der Waals surface area contributed by atoms with Crippen molar-refractivity contribution in [1.82, 2.24) is 5.32 Å². The van der Waals surface area contributed by atoms with Crippen LogP contribution >= 0.6 is 0 Å². The summed E-state index contributed by atoms with van der Waals surface area (Å²) in [6.45, 7) is 14.7. The van der Waals surface area contributed by atoms with Gasteiger partial charge in [-0.05, 0) is 49.8 Å². The molecule has 0 aliphatic rings. The first-order chi connectivity index (χ1) is 8.47. The van der Waals surface area contributed by atoms with Gasteiger partial charge in [0.25, 0.3) is 0 Å². The molecule has 0 aliphatic carbocycles. The molecule has 0 saturated carbocycles. The molecule has 18 heavy (non-hydrogen) atoms. The van der Waals surface area contributed by atoms with E-state index in [1.165, 1.54) is 23.1 Å². The molecule has 0 amide bonds. The summed E-state index contributed by atoms with van der Waals surface area (Å²) in [5.41, 5.74) is 4.27. The zero-order chi connectivity index (χ0) is 13.7. The summed E-state index contributed by atoms with van der Waals surface area (Å²) < 4.78 is 0. The average Bonchev–Trinajstić information content (AvgIpc) is 2.32. The normalized spacial score (nSPS) is 14.8. The molecule has 0 bridgehead atoms. The Morgan fingerprint density at radius 3 is 2.33 bits per heavy atom. The molecule has 0 spiro atoms. The molecule has 0 aliphatic heterocycles. The Morgan fingerprint density at radius 1 is 1.11 bits per heavy atom. The van der Waals surface area contributed by atoms with E-state index in [1.54, 1.807) is 0 Å². The van der Waals surface area contributed by atoms with Crippen LogP contribution < -0.4 is 5.32 Å². The number of rotatable bonds is 6. The quantitative estimate of drug-likeness (QED) is 0.784. The smallest absolute Gasteiger partial charge is 0.0156 e. The number of nitrogens with one attached hydrogen (secondary N) is 1. The van der Waals surface area contributed by atoms with Crippen molar-refractivity contribution < 1.29 is 0 Å². The SMILES string of the molecule is CCCNC(C(C)C)C(C)c1cc(C)ccc1C. The van der Waals surface area contributed by atoms with Crippen molar-refractivity contribution >= 4 is 0 Å². The van der Waals surface area contributed by atoms with Crippen LogP contribution in [0.3, 0.4) is 0 Å². The largest absolute Gasteiger partial charge is 0.313 e. The van der Waals surface area contributed by atoms with Gasteiger partial charge in [0, 0.05) is 6.04 Å². The summed E-state index contributed by atoms with van der Waals surface area (Å²) in [5.74, 6) is 1.22. The van der Waals surface area contributed by atoms with Crippen LogP contribution in [0.1, 0.15) is 56.7 Å². The number of hydrogen-bond donors (Lipinski definition) is 1. The van der Waals surface area contributed by atoms with E-state index in [9.17, 15) is 0 Å². The van der Waals surface area contributed by atoms with E-state index >= 15 is 0 Å². The summed E-state index contributed by atoms with van der Waals surface area (Å²) in [6.07, 6.45) is 1.20. The number of benzene rings is 1. The average molecular weight is 247 g/mol. The Bertz CT molecular complexity index is 368. The van der Waals surface area contributed by atoms with Crippen molar-refractivity contribution in [2.24, 2.45) is 5.92 Å². The van der Waals surface area contributed by atoms with Crippen LogP contribution in [-0.4, -0.2) is 12.6 Å². The first kappa shape index (κ1) is 15.2. The molecule has 0 heterocycles. The zero-order valence-electron chi connectivity index (χ0n) is 12.9. The number of aryl methyl sites for hydroxylation is 2. The van der Waals surface area contributed by atoms with Crippen LogP contribution in [0.25, 0.3) is 0 Å². The number of hydrogen-bond acceptors (Lipinski definition) is 1. The molecular weight excluding hydrogens is 218 g/mol. The van der Waals surface area contributed by atoms with Crippen molar-refractivity contribution in [2.75, 3.05) is 6.54 Å². The highest BCUT2D eigenvalue weighted by atomic mass is 14.9. The van der Waals surface area contributed by atoms with Crippen LogP contribution in [-0.2, 0) is 0 Å². The molecular formula is C17H29N. The highest BCUT2D eigenvalue weighted by Gasteiger charge is 2.22. The lowest BCUT2D eigenvalue weighted by Gasteiger charge is -2.30. The zero-order valence-corrected chi connectivity index (χ0v) is 12.9. The van der Waals surface area contributed by atoms with E-state index in [1.807, 2.05) is 0 Å². The van der Waals surface area contributed by atoms with E-state index in [0.717, 1.165) is 6.54 Å². The Morgan fingerprint density at radius 2 is 1.78 bits per heavy atom. The monoisotopic (exact) mass is 247 g/mol. The van der Waals surface area contributed by atoms with Crippen LogP contribution in [0.5, 0.6) is 0 Å². The summed E-state index contributed by atoms with van der Waals surface area (Å²) in [7, 11) is 0. The summed E-state index contributed by atoms with van der Waals surface area (Å²) in [5, 5.41) is 3.71. The van der Waals surface area contributed by atoms with Gasteiger partial charge in [-0.2, -0.15) is 0 Å². The third-order valence-corrected chi connectivity index (χ3v) is 3.81. The molecule has 1 heteroatoms. The summed E-state index contributed by atoms with van der Waals surface area (Å²) in [6, 6.07) is 7.36. The van der Waals surface area contributed by atoms with Gasteiger partial charge in [0.1, 0.15) is 0 Å². The molecule has 1 aromatic carbocycles. The Balaban J connectivity index is 2.93. The minimum absolute atomic E-state index is 0.561. The maximum Gasteiger partial charge on any atom is 0.0156 e. The van der Waals surface area contributed by atoms with E-state index in [-0.39, 0.29) is 0 Å². The molecule has 1 nitrogen and oxygen atoms in total. The topological polar surface area (TPSA) is 12.0 Å². The van der Waals surface area contributed by atoms with Gasteiger partial charge in [-0.3, -0.25) is 0 Å². The van der Waals surface area contributed by atoms with Crippen LogP contribution in [0.4, 0.5) is 0 Å². The van der Waals surface area contributed by atoms with Crippen molar-refractivity contribution in [3.8, 4) is 0 Å². The third kappa shape index (κ3) is 3.84. The first-order valence-corrected chi connectivity index (χ1v) is 7.27. The van der Waals surface area contributed by atoms with E-state index in [2.05, 4.69) is 65.1 Å². The molecule has 0 saturated heterocycles. The molecule has 0 radical (unpaired) electrons. The fraction of sp³-hybridized carbons (Fsp3) is 0.647. The molecule has 0 fully saturated rings. The van der Waals surface area contributed by atoms with Gasteiger partial charge in [-0.15, -0.1) is 0 Å². The summed E-state index contributed by atoms with van der Waals surface area (Å²) in [4.78, 5) is 0. The molecule has 0 aromatic heterocycles. The van der Waals surface area contributed by atoms with Crippen molar-refractivity contribution in [2.45, 2.75) is 59.9 Å². The second kappa shape index (κ2) is 6.94. The van der Waals surface area contributed by atoms with Crippen LogP contribution in [0, 0.1) is 19.8 Å². The minimum Gasteiger partial charge on any atom is -0.313 e. The maximum absolute atomic E-state index is 3.71. The summed E-state index contributed by atoms with van der Waals surface area (Å²) >= 11 is 0. The van der Waals surface area contributed by atoms with E-state index < -0.39 is 0 Å². The van der Waals surface area contributed by atoms with E-state index in [4.69, 9.17) is 0 Å². The van der Waals surface area contributed by atoms with Crippen LogP contribution in [0.15, 0.2) is 18.2 Å². The van der Waals surface area contributed by atoms with Gasteiger partial charge in [0.15, 0.2) is 0 Å². The van der Waals surface area contributed by atoms with Crippen molar-refractivity contribution in [3.05, 3.63) is 34.9 Å². The fourth-order valence-corrected chi connectivity index (χ4v) is 2.74. The van der Waals surface area contributed by atoms with Crippen molar-refractivity contribution in [1.29, 1.82) is 0 Å². The van der Waals surface area contributed by atoms with Gasteiger partial charge >= 0.3 is 0 Å². The highest BCUT2D eigenvalue weighted by molar-refractivity contribution is 5.34. The highest BCUT2D eigenvalue weighted by Crippen LogP contribution is 2.27. The predicted molar refractivity (Wildman–Crippen MR) is 81.3 cm³/mol. The van der Waals surface area contributed by atoms with Gasteiger partial charge in [-0.1, -0.05) is 51.5 Å². The first-order valence-electron chi connectivity index (χ1n) is 7.27. The Labute approximate surface area is 113 Å². The molecule has 2 unspecified atom stereocenters. The van der Waals surface area contributed by atoms with Gasteiger partial charge in [0.2, 0.25) is 0 Å². The molecule has 1 rings (SSSR count). The van der Waals surface area contributed by atoms with Gasteiger partial charge < -0.3 is 5.32 Å². The maximum atomic E-state index is 3.71. The molecule has 2 atom stereocenters. The van der Waals surface area contributed by atoms with E-state index in [0.29, 0.717) is 17.9 Å². The lowest BCUT2D eigenvalue weighted by molar-refractivity contribution is 0.353. The van der Waals surface area contributed by atoms with Gasteiger partial charge in [-0.25, -0.2) is 0 Å². The van der Waals surface area contributed by atoms with Crippen molar-refractivity contribution in [3.63, 3.8) is 0 Å². The van der Waals surface area contributed by atoms with Gasteiger partial charge in [0.05, 0.1) is 0 Å². The predicted octanol–water partition coefficient (Wildman–Crippen LogP) is 4.43. The second-order valence-corrected chi connectivity index (χ2v) is 5.87. The Hall–Kier alpha value is -0.820. The third-order valence-electron chi connectivity index (χ3n) is 3.81. The minimum atomic E-state index is 0.561. The molecule has 1 aromatic rings. The van der Waals surface area contributed by atoms with Crippen LogP contribution in [0.2, 0.25) is 0 Å². The molecule has 1 N–H and O–H groups in total. The standard InChI is InChI=1S/C17H29N/c1-7-10-18-17(12(2)3)15(6)16-11-13(4)8-9-14(16)5/h8-9,11-12,15,17-18H,7,10H2,1-6H3. The Kier molecular flexibility index (Phi) is 5.87.